The van der Waals surface area contributed by atoms with Gasteiger partial charge in [-0.3, -0.25) is 0 Å². The van der Waals surface area contributed by atoms with E-state index < -0.39 is 0 Å². The molecule has 3 rings (SSSR count). The molecule has 114 valence electrons. The summed E-state index contributed by atoms with van der Waals surface area (Å²) >= 11 is 0. The molecule has 3 aliphatic carbocycles. The molecule has 0 amide bonds. The first-order valence-corrected chi connectivity index (χ1v) is 9.55. The Hall–Kier alpha value is -0.260. The van der Waals surface area contributed by atoms with Crippen LogP contribution in [0, 0.1) is 23.7 Å². The van der Waals surface area contributed by atoms with Crippen LogP contribution in [0.25, 0.3) is 0 Å². The topological polar surface area (TPSA) is 0 Å². The maximum absolute atomic E-state index is 2.34. The molecule has 0 unspecified atom stereocenters. The van der Waals surface area contributed by atoms with E-state index in [0.717, 1.165) is 23.7 Å². The minimum atomic E-state index is 1.06. The quantitative estimate of drug-likeness (QED) is 0.349. The monoisotopic (exact) mass is 274 g/mol. The van der Waals surface area contributed by atoms with Crippen LogP contribution < -0.4 is 0 Å². The Morgan fingerprint density at radius 2 is 1.55 bits per heavy atom. The standard InChI is InChI=1S/C20H34/c1-3-5-7-9-15-14-19-16-11-12-17(13-16)20(19)18(15)10-8-6-4-2/h16-17,19-20H,3-14H2,1-2H3/t16-,17+,19+,20+/m0/s1. The van der Waals surface area contributed by atoms with Crippen molar-refractivity contribution >= 4 is 0 Å². The Balaban J connectivity index is 1.67. The van der Waals surface area contributed by atoms with Crippen molar-refractivity contribution in [3.8, 4) is 0 Å². The van der Waals surface area contributed by atoms with Crippen molar-refractivity contribution in [2.75, 3.05) is 0 Å². The lowest BCUT2D eigenvalue weighted by molar-refractivity contribution is 0.270. The van der Waals surface area contributed by atoms with Crippen molar-refractivity contribution in [3.05, 3.63) is 11.1 Å². The van der Waals surface area contributed by atoms with Crippen LogP contribution in [-0.2, 0) is 0 Å². The Morgan fingerprint density at radius 1 is 0.850 bits per heavy atom. The molecule has 20 heavy (non-hydrogen) atoms. The van der Waals surface area contributed by atoms with Crippen molar-refractivity contribution in [1.82, 2.24) is 0 Å². The fourth-order valence-electron chi connectivity index (χ4n) is 5.66. The van der Waals surface area contributed by atoms with Crippen LogP contribution in [0.5, 0.6) is 0 Å². The summed E-state index contributed by atoms with van der Waals surface area (Å²) < 4.78 is 0. The van der Waals surface area contributed by atoms with E-state index in [9.17, 15) is 0 Å². The van der Waals surface area contributed by atoms with Gasteiger partial charge in [0.1, 0.15) is 0 Å². The molecule has 2 fully saturated rings. The number of hydrogen-bond acceptors (Lipinski definition) is 0. The van der Waals surface area contributed by atoms with Crippen molar-refractivity contribution in [2.24, 2.45) is 23.7 Å². The molecular formula is C20H34. The molecule has 4 atom stereocenters. The fraction of sp³-hybridized carbons (Fsp3) is 0.900. The normalized spacial score (nSPS) is 35.1. The average molecular weight is 274 g/mol. The minimum absolute atomic E-state index is 1.06. The van der Waals surface area contributed by atoms with Gasteiger partial charge in [0, 0.05) is 0 Å². The van der Waals surface area contributed by atoms with Crippen molar-refractivity contribution in [1.29, 1.82) is 0 Å². The molecule has 0 heterocycles. The molecule has 0 nitrogen and oxygen atoms in total. The van der Waals surface area contributed by atoms with E-state index in [0.29, 0.717) is 0 Å². The van der Waals surface area contributed by atoms with Crippen LogP contribution in [-0.4, -0.2) is 0 Å². The summed E-state index contributed by atoms with van der Waals surface area (Å²) in [7, 11) is 0. The number of unbranched alkanes of at least 4 members (excludes halogenated alkanes) is 4. The third-order valence-electron chi connectivity index (χ3n) is 6.56. The van der Waals surface area contributed by atoms with Gasteiger partial charge in [-0.15, -0.1) is 0 Å². The van der Waals surface area contributed by atoms with Crippen LogP contribution in [0.3, 0.4) is 0 Å². The number of rotatable bonds is 8. The Bertz CT molecular complexity index is 351. The Morgan fingerprint density at radius 3 is 2.30 bits per heavy atom. The molecule has 0 aromatic heterocycles. The Labute approximate surface area is 126 Å². The molecule has 0 heteroatoms. The van der Waals surface area contributed by atoms with Gasteiger partial charge >= 0.3 is 0 Å². The highest BCUT2D eigenvalue weighted by molar-refractivity contribution is 5.29. The van der Waals surface area contributed by atoms with E-state index in [1.54, 1.807) is 19.3 Å². The number of fused-ring (bicyclic) bond motifs is 5. The first-order chi connectivity index (χ1) is 9.85. The second-order valence-corrected chi connectivity index (χ2v) is 7.77. The van der Waals surface area contributed by atoms with Gasteiger partial charge in [0.15, 0.2) is 0 Å². The van der Waals surface area contributed by atoms with Gasteiger partial charge in [-0.05, 0) is 75.0 Å². The molecule has 0 spiro atoms. The molecule has 0 N–H and O–H groups in total. The maximum atomic E-state index is 2.34. The van der Waals surface area contributed by atoms with Gasteiger partial charge in [0.25, 0.3) is 0 Å². The van der Waals surface area contributed by atoms with Gasteiger partial charge in [-0.1, -0.05) is 50.7 Å². The summed E-state index contributed by atoms with van der Waals surface area (Å²) in [6.07, 6.45) is 17.7. The predicted molar refractivity (Wildman–Crippen MR) is 87.7 cm³/mol. The van der Waals surface area contributed by atoms with Crippen molar-refractivity contribution in [3.63, 3.8) is 0 Å². The lowest BCUT2D eigenvalue weighted by Crippen LogP contribution is -2.19. The second-order valence-electron chi connectivity index (χ2n) is 7.77. The van der Waals surface area contributed by atoms with Crippen LogP contribution in [0.15, 0.2) is 11.1 Å². The summed E-state index contributed by atoms with van der Waals surface area (Å²) in [5, 5.41) is 0. The number of hydrogen-bond donors (Lipinski definition) is 0. The van der Waals surface area contributed by atoms with Gasteiger partial charge in [-0.2, -0.15) is 0 Å². The lowest BCUT2D eigenvalue weighted by Gasteiger charge is -2.27. The fourth-order valence-corrected chi connectivity index (χ4v) is 5.66. The summed E-state index contributed by atoms with van der Waals surface area (Å²) in [4.78, 5) is 0. The zero-order valence-electron chi connectivity index (χ0n) is 13.8. The highest BCUT2D eigenvalue weighted by Gasteiger charge is 2.51. The third-order valence-corrected chi connectivity index (χ3v) is 6.56. The van der Waals surface area contributed by atoms with Crippen LogP contribution in [0.1, 0.15) is 90.9 Å². The lowest BCUT2D eigenvalue weighted by atomic mass is 9.78. The molecule has 2 bridgehead atoms. The summed E-state index contributed by atoms with van der Waals surface area (Å²) in [5.74, 6) is 4.38. The summed E-state index contributed by atoms with van der Waals surface area (Å²) in [6, 6.07) is 0. The largest absolute Gasteiger partial charge is 0.0704 e. The highest BCUT2D eigenvalue weighted by atomic mass is 14.6. The highest BCUT2D eigenvalue weighted by Crippen LogP contribution is 2.61. The van der Waals surface area contributed by atoms with E-state index in [-0.39, 0.29) is 0 Å². The molecular weight excluding hydrogens is 240 g/mol. The van der Waals surface area contributed by atoms with Gasteiger partial charge in [-0.25, -0.2) is 0 Å². The zero-order valence-corrected chi connectivity index (χ0v) is 13.8. The van der Waals surface area contributed by atoms with Gasteiger partial charge in [0.2, 0.25) is 0 Å². The zero-order chi connectivity index (χ0) is 13.9. The Kier molecular flexibility index (Phi) is 4.89. The molecule has 2 saturated carbocycles. The van der Waals surface area contributed by atoms with Gasteiger partial charge < -0.3 is 0 Å². The van der Waals surface area contributed by atoms with E-state index in [2.05, 4.69) is 13.8 Å². The van der Waals surface area contributed by atoms with E-state index in [1.807, 2.05) is 11.1 Å². The van der Waals surface area contributed by atoms with Crippen molar-refractivity contribution < 1.29 is 0 Å². The number of allylic oxidation sites excluding steroid dienone is 2. The second kappa shape index (κ2) is 6.67. The van der Waals surface area contributed by atoms with E-state index in [4.69, 9.17) is 0 Å². The van der Waals surface area contributed by atoms with Gasteiger partial charge in [0.05, 0.1) is 0 Å². The van der Waals surface area contributed by atoms with Crippen LogP contribution in [0.2, 0.25) is 0 Å². The molecule has 0 aromatic rings. The first kappa shape index (κ1) is 14.7. The predicted octanol–water partition coefficient (Wildman–Crippen LogP) is 6.51. The molecule has 0 aliphatic heterocycles. The average Bonchev–Trinajstić information content (AvgIpc) is 3.12. The first-order valence-electron chi connectivity index (χ1n) is 9.55. The van der Waals surface area contributed by atoms with E-state index >= 15 is 0 Å². The van der Waals surface area contributed by atoms with Crippen molar-refractivity contribution in [2.45, 2.75) is 90.9 Å². The SMILES string of the molecule is CCCCCC1=C(CCCCC)[C@H]2[C@@H]3CC[C@@H](C3)[C@H]2C1. The molecule has 3 aliphatic rings. The molecule has 0 saturated heterocycles. The maximum Gasteiger partial charge on any atom is -0.0138 e. The summed E-state index contributed by atoms with van der Waals surface area (Å²) in [6.45, 7) is 4.67. The summed E-state index contributed by atoms with van der Waals surface area (Å²) in [5.41, 5.74) is 3.94. The van der Waals surface area contributed by atoms with Crippen LogP contribution in [0.4, 0.5) is 0 Å². The minimum Gasteiger partial charge on any atom is -0.0704 e. The van der Waals surface area contributed by atoms with E-state index in [1.165, 1.54) is 57.8 Å². The van der Waals surface area contributed by atoms with Crippen LogP contribution >= 0.6 is 0 Å². The third kappa shape index (κ3) is 2.72. The smallest absolute Gasteiger partial charge is 0.0138 e. The molecule has 0 aromatic carbocycles. The molecule has 0 radical (unpaired) electrons.